The Morgan fingerprint density at radius 1 is 1.00 bits per heavy atom. The summed E-state index contributed by atoms with van der Waals surface area (Å²) in [5.41, 5.74) is 0. The number of hydrogen-bond donors (Lipinski definition) is 0. The fourth-order valence-corrected chi connectivity index (χ4v) is 1.54. The minimum absolute atomic E-state index is 0.105. The standard InChI is InChI=1S/C7H10Cl2N2O2/c8-4-6(12)10-2-1-3-11(10)7(13)5-9/h1-5H2. The molecule has 2 amide bonds. The lowest BCUT2D eigenvalue weighted by molar-refractivity contribution is -0.154. The molecule has 13 heavy (non-hydrogen) atoms. The van der Waals surface area contributed by atoms with Crippen molar-refractivity contribution in [3.63, 3.8) is 0 Å². The highest BCUT2D eigenvalue weighted by Crippen LogP contribution is 2.11. The van der Waals surface area contributed by atoms with Crippen molar-refractivity contribution < 1.29 is 9.59 Å². The highest BCUT2D eigenvalue weighted by Gasteiger charge is 2.29. The molecule has 6 heteroatoms. The number of alkyl halides is 2. The number of halogens is 2. The Balaban J connectivity index is 2.63. The van der Waals surface area contributed by atoms with Crippen molar-refractivity contribution in [2.75, 3.05) is 24.8 Å². The third kappa shape index (κ3) is 2.25. The summed E-state index contributed by atoms with van der Waals surface area (Å²) in [6, 6.07) is 0. The molecule has 1 fully saturated rings. The van der Waals surface area contributed by atoms with Gasteiger partial charge >= 0.3 is 0 Å². The number of nitrogens with zero attached hydrogens (tertiary/aromatic N) is 2. The maximum absolute atomic E-state index is 11.2. The van der Waals surface area contributed by atoms with Gasteiger partial charge in [0, 0.05) is 13.1 Å². The van der Waals surface area contributed by atoms with Crippen LogP contribution in [0.2, 0.25) is 0 Å². The van der Waals surface area contributed by atoms with Gasteiger partial charge in [0.25, 0.3) is 11.8 Å². The van der Waals surface area contributed by atoms with Crippen LogP contribution in [0.15, 0.2) is 0 Å². The fraction of sp³-hybridized carbons (Fsp3) is 0.714. The Morgan fingerprint density at radius 2 is 1.38 bits per heavy atom. The second-order valence-corrected chi connectivity index (χ2v) is 3.19. The number of rotatable bonds is 2. The molecule has 0 radical (unpaired) electrons. The van der Waals surface area contributed by atoms with Crippen molar-refractivity contribution in [3.8, 4) is 0 Å². The normalized spacial score (nSPS) is 16.5. The van der Waals surface area contributed by atoms with E-state index in [1.807, 2.05) is 0 Å². The van der Waals surface area contributed by atoms with Gasteiger partial charge in [0.15, 0.2) is 0 Å². The summed E-state index contributed by atoms with van der Waals surface area (Å²) in [7, 11) is 0. The van der Waals surface area contributed by atoms with Gasteiger partial charge in [0.05, 0.1) is 0 Å². The van der Waals surface area contributed by atoms with Crippen LogP contribution in [0.4, 0.5) is 0 Å². The molecule has 0 aromatic carbocycles. The van der Waals surface area contributed by atoms with E-state index >= 15 is 0 Å². The van der Waals surface area contributed by atoms with Crippen molar-refractivity contribution in [3.05, 3.63) is 0 Å². The van der Waals surface area contributed by atoms with Gasteiger partial charge in [-0.3, -0.25) is 19.6 Å². The van der Waals surface area contributed by atoms with Crippen LogP contribution in [-0.2, 0) is 9.59 Å². The van der Waals surface area contributed by atoms with Gasteiger partial charge in [-0.25, -0.2) is 0 Å². The van der Waals surface area contributed by atoms with Crippen molar-refractivity contribution >= 4 is 35.0 Å². The van der Waals surface area contributed by atoms with Crippen LogP contribution >= 0.6 is 23.2 Å². The summed E-state index contributed by atoms with van der Waals surface area (Å²) < 4.78 is 0. The first-order valence-corrected chi connectivity index (χ1v) is 5.00. The Hall–Kier alpha value is -0.480. The largest absolute Gasteiger partial charge is 0.272 e. The second-order valence-electron chi connectivity index (χ2n) is 2.65. The van der Waals surface area contributed by atoms with Gasteiger partial charge in [0.2, 0.25) is 0 Å². The van der Waals surface area contributed by atoms with E-state index in [1.165, 1.54) is 10.0 Å². The Kier molecular flexibility index (Phi) is 3.81. The van der Waals surface area contributed by atoms with Crippen LogP contribution in [0.1, 0.15) is 6.42 Å². The van der Waals surface area contributed by atoms with E-state index < -0.39 is 0 Å². The number of hydrogen-bond acceptors (Lipinski definition) is 2. The molecule has 1 heterocycles. The van der Waals surface area contributed by atoms with Gasteiger partial charge in [0.1, 0.15) is 11.8 Å². The zero-order chi connectivity index (χ0) is 9.84. The Labute approximate surface area is 86.3 Å². The summed E-state index contributed by atoms with van der Waals surface area (Å²) in [4.78, 5) is 22.4. The zero-order valence-corrected chi connectivity index (χ0v) is 8.51. The van der Waals surface area contributed by atoms with E-state index in [0.717, 1.165) is 6.42 Å². The van der Waals surface area contributed by atoms with E-state index in [0.29, 0.717) is 13.1 Å². The van der Waals surface area contributed by atoms with Gasteiger partial charge in [-0.1, -0.05) is 0 Å². The van der Waals surface area contributed by atoms with Crippen molar-refractivity contribution in [2.45, 2.75) is 6.42 Å². The van der Waals surface area contributed by atoms with Crippen LogP contribution in [0, 0.1) is 0 Å². The molecule has 1 aliphatic heterocycles. The molecule has 0 saturated carbocycles. The lowest BCUT2D eigenvalue weighted by atomic mass is 10.4. The zero-order valence-electron chi connectivity index (χ0n) is 7.00. The van der Waals surface area contributed by atoms with E-state index in [9.17, 15) is 9.59 Å². The third-order valence-corrected chi connectivity index (χ3v) is 2.29. The minimum Gasteiger partial charge on any atom is -0.272 e. The molecule has 0 aromatic heterocycles. The molecule has 1 aliphatic rings. The van der Waals surface area contributed by atoms with E-state index in [-0.39, 0.29) is 23.6 Å². The maximum Gasteiger partial charge on any atom is 0.256 e. The molecule has 0 aromatic rings. The number of hydrazine groups is 1. The molecular formula is C7H10Cl2N2O2. The summed E-state index contributed by atoms with van der Waals surface area (Å²) in [5.74, 6) is -0.715. The Bertz CT molecular complexity index is 201. The molecule has 0 atom stereocenters. The average molecular weight is 225 g/mol. The summed E-state index contributed by atoms with van der Waals surface area (Å²) in [6.45, 7) is 1.10. The predicted octanol–water partition coefficient (Wildman–Crippen LogP) is 0.440. The first-order valence-electron chi connectivity index (χ1n) is 3.93. The highest BCUT2D eigenvalue weighted by molar-refractivity contribution is 6.28. The average Bonchev–Trinajstić information content (AvgIpc) is 2.63. The second kappa shape index (κ2) is 4.67. The number of carbonyl (C=O) groups is 2. The first kappa shape index (κ1) is 10.6. The molecule has 0 aliphatic carbocycles. The van der Waals surface area contributed by atoms with Crippen LogP contribution < -0.4 is 0 Å². The molecular weight excluding hydrogens is 215 g/mol. The first-order chi connectivity index (χ1) is 6.20. The van der Waals surface area contributed by atoms with E-state index in [4.69, 9.17) is 23.2 Å². The summed E-state index contributed by atoms with van der Waals surface area (Å²) >= 11 is 10.8. The Morgan fingerprint density at radius 3 is 1.69 bits per heavy atom. The molecule has 0 N–H and O–H groups in total. The minimum atomic E-state index is -0.252. The van der Waals surface area contributed by atoms with E-state index in [2.05, 4.69) is 0 Å². The monoisotopic (exact) mass is 224 g/mol. The SMILES string of the molecule is O=C(CCl)N1CCCN1C(=O)CCl. The van der Waals surface area contributed by atoms with Gasteiger partial charge in [-0.2, -0.15) is 0 Å². The van der Waals surface area contributed by atoms with Crippen LogP contribution in [0.25, 0.3) is 0 Å². The van der Waals surface area contributed by atoms with Gasteiger partial charge in [-0.05, 0) is 6.42 Å². The van der Waals surface area contributed by atoms with Gasteiger partial charge < -0.3 is 0 Å². The molecule has 0 unspecified atom stereocenters. The molecule has 0 spiro atoms. The molecule has 1 saturated heterocycles. The van der Waals surface area contributed by atoms with Crippen LogP contribution in [0.3, 0.4) is 0 Å². The van der Waals surface area contributed by atoms with Crippen LogP contribution in [-0.4, -0.2) is 46.7 Å². The van der Waals surface area contributed by atoms with Crippen molar-refractivity contribution in [2.24, 2.45) is 0 Å². The lowest BCUT2D eigenvalue weighted by Crippen LogP contribution is -2.45. The third-order valence-electron chi connectivity index (χ3n) is 1.84. The fourth-order valence-electron chi connectivity index (χ4n) is 1.27. The summed E-state index contributed by atoms with van der Waals surface area (Å²) in [5, 5.41) is 2.72. The maximum atomic E-state index is 11.2. The molecule has 1 rings (SSSR count). The quantitative estimate of drug-likeness (QED) is 0.640. The molecule has 0 bridgehead atoms. The number of amides is 2. The predicted molar refractivity (Wildman–Crippen MR) is 49.5 cm³/mol. The van der Waals surface area contributed by atoms with Crippen LogP contribution in [0.5, 0.6) is 0 Å². The number of carbonyl (C=O) groups excluding carboxylic acids is 2. The van der Waals surface area contributed by atoms with Crippen molar-refractivity contribution in [1.29, 1.82) is 0 Å². The summed E-state index contributed by atoms with van der Waals surface area (Å²) in [6.07, 6.45) is 0.783. The van der Waals surface area contributed by atoms with E-state index in [1.54, 1.807) is 0 Å². The smallest absolute Gasteiger partial charge is 0.256 e. The topological polar surface area (TPSA) is 40.6 Å². The molecule has 74 valence electrons. The van der Waals surface area contributed by atoms with Crippen molar-refractivity contribution in [1.82, 2.24) is 10.0 Å². The lowest BCUT2D eigenvalue weighted by Gasteiger charge is -2.26. The molecule has 4 nitrogen and oxygen atoms in total. The van der Waals surface area contributed by atoms with Gasteiger partial charge in [-0.15, -0.1) is 23.2 Å². The highest BCUT2D eigenvalue weighted by atomic mass is 35.5.